The van der Waals surface area contributed by atoms with Crippen molar-refractivity contribution in [2.75, 3.05) is 6.54 Å². The molecule has 5 rings (SSSR count). The molecule has 0 spiro atoms. The molecule has 1 fully saturated rings. The summed E-state index contributed by atoms with van der Waals surface area (Å²) < 4.78 is 2.22. The summed E-state index contributed by atoms with van der Waals surface area (Å²) in [4.78, 5) is 19.8. The lowest BCUT2D eigenvalue weighted by molar-refractivity contribution is 0.0742. The summed E-state index contributed by atoms with van der Waals surface area (Å²) in [6.45, 7) is 3.59. The number of carbonyl (C=O) groups excluding carboxylic acids is 1. The van der Waals surface area contributed by atoms with Gasteiger partial charge < -0.3 is 9.47 Å². The SMILES string of the molecule is C[C@@H]1C[C@H](Cn2ccc3nc(-c4cn[nH]c4)ccc32)CN1C(=O)c1ccccc1C#N. The number of nitrogens with one attached hydrogen (secondary N) is 1. The fourth-order valence-electron chi connectivity index (χ4n) is 4.54. The van der Waals surface area contributed by atoms with Crippen LogP contribution in [0.15, 0.2) is 61.1 Å². The van der Waals surface area contributed by atoms with Gasteiger partial charge in [-0.1, -0.05) is 12.1 Å². The van der Waals surface area contributed by atoms with E-state index >= 15 is 0 Å². The number of fused-ring (bicyclic) bond motifs is 1. The topological polar surface area (TPSA) is 90.6 Å². The molecule has 1 saturated heterocycles. The minimum atomic E-state index is -0.0593. The molecule has 1 N–H and O–H groups in total. The number of pyridine rings is 1. The highest BCUT2D eigenvalue weighted by molar-refractivity contribution is 5.97. The van der Waals surface area contributed by atoms with Gasteiger partial charge in [-0.05, 0) is 49.6 Å². The Kier molecular flexibility index (Phi) is 4.75. The third-order valence-corrected chi connectivity index (χ3v) is 6.07. The predicted molar refractivity (Wildman–Crippen MR) is 117 cm³/mol. The maximum absolute atomic E-state index is 13.1. The minimum Gasteiger partial charge on any atom is -0.346 e. The molecule has 7 heteroatoms. The average molecular weight is 410 g/mol. The van der Waals surface area contributed by atoms with E-state index in [2.05, 4.69) is 40.0 Å². The fraction of sp³-hybridized carbons (Fsp3) is 0.250. The normalized spacial score (nSPS) is 18.4. The molecule has 1 aliphatic heterocycles. The summed E-state index contributed by atoms with van der Waals surface area (Å²) in [7, 11) is 0. The number of hydrogen-bond acceptors (Lipinski definition) is 4. The van der Waals surface area contributed by atoms with E-state index in [0.29, 0.717) is 23.6 Å². The lowest BCUT2D eigenvalue weighted by Gasteiger charge is -2.22. The van der Waals surface area contributed by atoms with Gasteiger partial charge in [-0.25, -0.2) is 4.98 Å². The molecular weight excluding hydrogens is 388 g/mol. The number of rotatable bonds is 4. The highest BCUT2D eigenvalue weighted by atomic mass is 16.2. The van der Waals surface area contributed by atoms with Crippen LogP contribution in [-0.2, 0) is 6.54 Å². The van der Waals surface area contributed by atoms with Crippen molar-refractivity contribution < 1.29 is 4.79 Å². The van der Waals surface area contributed by atoms with Crippen LogP contribution in [0.1, 0.15) is 29.3 Å². The molecule has 4 heterocycles. The van der Waals surface area contributed by atoms with Gasteiger partial charge in [0, 0.05) is 37.1 Å². The molecule has 4 aromatic rings. The fourth-order valence-corrected chi connectivity index (χ4v) is 4.54. The van der Waals surface area contributed by atoms with Crippen LogP contribution in [0.2, 0.25) is 0 Å². The second-order valence-electron chi connectivity index (χ2n) is 8.12. The summed E-state index contributed by atoms with van der Waals surface area (Å²) in [5, 5.41) is 16.2. The van der Waals surface area contributed by atoms with E-state index in [-0.39, 0.29) is 11.9 Å². The Hall–Kier alpha value is -3.92. The van der Waals surface area contributed by atoms with Crippen LogP contribution in [-0.4, -0.2) is 43.1 Å². The summed E-state index contributed by atoms with van der Waals surface area (Å²) in [6, 6.07) is 15.4. The maximum Gasteiger partial charge on any atom is 0.255 e. The zero-order chi connectivity index (χ0) is 21.4. The van der Waals surface area contributed by atoms with Crippen LogP contribution in [0.25, 0.3) is 22.3 Å². The van der Waals surface area contributed by atoms with Gasteiger partial charge in [-0.2, -0.15) is 10.4 Å². The van der Waals surface area contributed by atoms with Crippen LogP contribution in [0.3, 0.4) is 0 Å². The predicted octanol–water partition coefficient (Wildman–Crippen LogP) is 3.85. The lowest BCUT2D eigenvalue weighted by Crippen LogP contribution is -2.34. The van der Waals surface area contributed by atoms with Gasteiger partial charge in [0.2, 0.25) is 0 Å². The smallest absolute Gasteiger partial charge is 0.255 e. The summed E-state index contributed by atoms with van der Waals surface area (Å²) in [6.07, 6.45) is 6.60. The van der Waals surface area contributed by atoms with Crippen molar-refractivity contribution in [3.8, 4) is 17.3 Å². The average Bonchev–Trinajstić information content (AvgIpc) is 3.54. The molecule has 1 amide bonds. The second kappa shape index (κ2) is 7.73. The number of benzene rings is 1. The molecule has 0 bridgehead atoms. The Labute approximate surface area is 179 Å². The van der Waals surface area contributed by atoms with Crippen LogP contribution in [0.4, 0.5) is 0 Å². The van der Waals surface area contributed by atoms with E-state index < -0.39 is 0 Å². The maximum atomic E-state index is 13.1. The molecule has 7 nitrogen and oxygen atoms in total. The van der Waals surface area contributed by atoms with E-state index in [4.69, 9.17) is 4.98 Å². The Morgan fingerprint density at radius 2 is 2.13 bits per heavy atom. The summed E-state index contributed by atoms with van der Waals surface area (Å²) in [5.74, 6) is 0.285. The summed E-state index contributed by atoms with van der Waals surface area (Å²) >= 11 is 0. The first-order valence-electron chi connectivity index (χ1n) is 10.4. The zero-order valence-corrected chi connectivity index (χ0v) is 17.2. The Balaban J connectivity index is 1.34. The number of amides is 1. The van der Waals surface area contributed by atoms with Crippen molar-refractivity contribution in [3.63, 3.8) is 0 Å². The number of nitriles is 1. The van der Waals surface area contributed by atoms with Crippen molar-refractivity contribution in [1.82, 2.24) is 24.6 Å². The van der Waals surface area contributed by atoms with Crippen LogP contribution < -0.4 is 0 Å². The first-order chi connectivity index (χ1) is 15.1. The van der Waals surface area contributed by atoms with Crippen molar-refractivity contribution >= 4 is 16.9 Å². The van der Waals surface area contributed by atoms with E-state index in [9.17, 15) is 10.1 Å². The molecule has 1 aliphatic rings. The Morgan fingerprint density at radius 3 is 2.94 bits per heavy atom. The van der Waals surface area contributed by atoms with Gasteiger partial charge >= 0.3 is 0 Å². The highest BCUT2D eigenvalue weighted by Gasteiger charge is 2.33. The zero-order valence-electron chi connectivity index (χ0n) is 17.2. The molecule has 154 valence electrons. The van der Waals surface area contributed by atoms with Gasteiger partial charge in [0.05, 0.1) is 40.1 Å². The Morgan fingerprint density at radius 1 is 1.26 bits per heavy atom. The number of H-pyrrole nitrogens is 1. The van der Waals surface area contributed by atoms with Crippen molar-refractivity contribution in [2.24, 2.45) is 5.92 Å². The number of nitrogens with zero attached hydrogens (tertiary/aromatic N) is 5. The highest BCUT2D eigenvalue weighted by Crippen LogP contribution is 2.29. The number of hydrogen-bond donors (Lipinski definition) is 1. The van der Waals surface area contributed by atoms with E-state index in [1.165, 1.54) is 0 Å². The van der Waals surface area contributed by atoms with Gasteiger partial charge in [0.15, 0.2) is 0 Å². The van der Waals surface area contributed by atoms with Gasteiger partial charge in [-0.15, -0.1) is 0 Å². The number of aromatic nitrogens is 4. The number of carbonyl (C=O) groups is 1. The van der Waals surface area contributed by atoms with E-state index in [1.807, 2.05) is 29.3 Å². The first-order valence-corrected chi connectivity index (χ1v) is 10.4. The molecule has 1 aromatic carbocycles. The van der Waals surface area contributed by atoms with Crippen LogP contribution >= 0.6 is 0 Å². The van der Waals surface area contributed by atoms with Crippen molar-refractivity contribution in [2.45, 2.75) is 25.9 Å². The van der Waals surface area contributed by atoms with Gasteiger partial charge in [-0.3, -0.25) is 9.89 Å². The van der Waals surface area contributed by atoms with Gasteiger partial charge in [0.25, 0.3) is 5.91 Å². The quantitative estimate of drug-likeness (QED) is 0.553. The standard InChI is InChI=1S/C24H22N6O/c1-16-10-17(15-30(16)24(31)20-5-3-2-4-18(20)11-25)14-29-9-8-22-23(29)7-6-21(28-22)19-12-26-27-13-19/h2-9,12-13,16-17H,10,14-15H2,1H3,(H,26,27)/t16-,17-/m1/s1. The molecule has 31 heavy (non-hydrogen) atoms. The third-order valence-electron chi connectivity index (χ3n) is 6.07. The van der Waals surface area contributed by atoms with Crippen molar-refractivity contribution in [1.29, 1.82) is 5.26 Å². The molecule has 0 radical (unpaired) electrons. The van der Waals surface area contributed by atoms with Gasteiger partial charge in [0.1, 0.15) is 0 Å². The minimum absolute atomic E-state index is 0.0593. The molecule has 0 aliphatic carbocycles. The second-order valence-corrected chi connectivity index (χ2v) is 8.12. The number of aromatic amines is 1. The van der Waals surface area contributed by atoms with Crippen molar-refractivity contribution in [3.05, 3.63) is 72.2 Å². The lowest BCUT2D eigenvalue weighted by atomic mass is 10.1. The number of likely N-dealkylation sites (tertiary alicyclic amines) is 1. The largest absolute Gasteiger partial charge is 0.346 e. The van der Waals surface area contributed by atoms with Crippen LogP contribution in [0, 0.1) is 17.2 Å². The molecule has 0 unspecified atom stereocenters. The van der Waals surface area contributed by atoms with E-state index in [1.54, 1.807) is 24.4 Å². The molecule has 2 atom stereocenters. The third kappa shape index (κ3) is 3.46. The van der Waals surface area contributed by atoms with E-state index in [0.717, 1.165) is 35.3 Å². The summed E-state index contributed by atoms with van der Waals surface area (Å²) in [5.41, 5.74) is 4.80. The van der Waals surface area contributed by atoms with Crippen LogP contribution in [0.5, 0.6) is 0 Å². The molecular formula is C24H22N6O. The monoisotopic (exact) mass is 410 g/mol. The first kappa shape index (κ1) is 19.1. The Bertz CT molecular complexity index is 1280. The molecule has 0 saturated carbocycles. The molecule has 3 aromatic heterocycles.